The van der Waals surface area contributed by atoms with Crippen LogP contribution < -0.4 is 11.1 Å². The average molecular weight is 392 g/mol. The first-order valence-corrected chi connectivity index (χ1v) is 8.87. The van der Waals surface area contributed by atoms with Gasteiger partial charge in [0.1, 0.15) is 5.69 Å². The van der Waals surface area contributed by atoms with Crippen LogP contribution in [-0.2, 0) is 9.53 Å². The number of nitrogens with two attached hydrogens (primary N) is 1. The van der Waals surface area contributed by atoms with Crippen molar-refractivity contribution >= 4 is 23.5 Å². The molecule has 1 atom stereocenters. The van der Waals surface area contributed by atoms with Crippen molar-refractivity contribution in [2.24, 2.45) is 5.73 Å². The number of carbonyl (C=O) groups excluding carboxylic acids is 3. The smallest absolute Gasteiger partial charge is 0.357 e. The number of aryl methyl sites for hydroxylation is 1. The van der Waals surface area contributed by atoms with E-state index in [4.69, 9.17) is 10.5 Å². The lowest BCUT2D eigenvalue weighted by Gasteiger charge is -2.13. The molecule has 0 aliphatic carbocycles. The van der Waals surface area contributed by atoms with E-state index >= 15 is 0 Å². The van der Waals surface area contributed by atoms with Crippen molar-refractivity contribution in [2.45, 2.75) is 20.0 Å². The van der Waals surface area contributed by atoms with Crippen LogP contribution in [0.4, 0.5) is 5.69 Å². The van der Waals surface area contributed by atoms with Crippen LogP contribution in [0.2, 0.25) is 0 Å². The van der Waals surface area contributed by atoms with Crippen LogP contribution in [0.25, 0.3) is 11.3 Å². The van der Waals surface area contributed by atoms with Crippen LogP contribution in [0.15, 0.2) is 54.6 Å². The molecule has 1 unspecified atom stereocenters. The van der Waals surface area contributed by atoms with Gasteiger partial charge in [-0.25, -0.2) is 4.79 Å². The standard InChI is InChI=1S/C21H20N4O4/c1-12-3-5-14(6-4-12)17-11-18(25-24-17)21(28)29-13(2)20(27)23-16-9-7-15(8-10-16)19(22)26/h3-11,13H,1-2H3,(H2,22,26)(H,23,27)(H,24,25). The molecule has 29 heavy (non-hydrogen) atoms. The lowest BCUT2D eigenvalue weighted by atomic mass is 10.1. The van der Waals surface area contributed by atoms with Crippen LogP contribution in [0, 0.1) is 6.92 Å². The van der Waals surface area contributed by atoms with Gasteiger partial charge in [-0.05, 0) is 44.2 Å². The van der Waals surface area contributed by atoms with E-state index in [0.717, 1.165) is 11.1 Å². The number of hydrogen-bond acceptors (Lipinski definition) is 5. The van der Waals surface area contributed by atoms with Gasteiger partial charge in [0.05, 0.1) is 5.69 Å². The zero-order chi connectivity index (χ0) is 21.0. The molecule has 0 saturated carbocycles. The molecule has 3 aromatic rings. The summed E-state index contributed by atoms with van der Waals surface area (Å²) < 4.78 is 5.20. The Morgan fingerprint density at radius 3 is 2.34 bits per heavy atom. The van der Waals surface area contributed by atoms with Gasteiger partial charge in [-0.1, -0.05) is 29.8 Å². The van der Waals surface area contributed by atoms with Crippen molar-refractivity contribution in [1.82, 2.24) is 10.2 Å². The van der Waals surface area contributed by atoms with Crippen molar-refractivity contribution in [3.63, 3.8) is 0 Å². The Morgan fingerprint density at radius 1 is 1.07 bits per heavy atom. The Balaban J connectivity index is 1.60. The Hall–Kier alpha value is -3.94. The number of hydrogen-bond donors (Lipinski definition) is 3. The Kier molecular flexibility index (Phi) is 5.73. The summed E-state index contributed by atoms with van der Waals surface area (Å²) in [5, 5.41) is 9.35. The number of benzene rings is 2. The zero-order valence-electron chi connectivity index (χ0n) is 15.9. The number of anilines is 1. The minimum absolute atomic E-state index is 0.144. The minimum atomic E-state index is -1.04. The first kappa shape index (κ1) is 19.8. The first-order chi connectivity index (χ1) is 13.8. The fourth-order valence-electron chi connectivity index (χ4n) is 2.54. The summed E-state index contributed by atoms with van der Waals surface area (Å²) in [6, 6.07) is 15.3. The molecule has 0 saturated heterocycles. The molecule has 0 aliphatic heterocycles. The first-order valence-electron chi connectivity index (χ1n) is 8.87. The van der Waals surface area contributed by atoms with Crippen molar-refractivity contribution in [1.29, 1.82) is 0 Å². The van der Waals surface area contributed by atoms with Crippen LogP contribution in [0.5, 0.6) is 0 Å². The molecular weight excluding hydrogens is 372 g/mol. The SMILES string of the molecule is Cc1ccc(-c2cc(C(=O)OC(C)C(=O)Nc3ccc(C(N)=O)cc3)[nH]n2)cc1. The lowest BCUT2D eigenvalue weighted by Crippen LogP contribution is -2.30. The molecule has 8 heteroatoms. The third-order valence-electron chi connectivity index (χ3n) is 4.24. The maximum atomic E-state index is 12.3. The molecule has 0 bridgehead atoms. The maximum Gasteiger partial charge on any atom is 0.357 e. The second-order valence-electron chi connectivity index (χ2n) is 6.51. The predicted molar refractivity (Wildman–Crippen MR) is 107 cm³/mol. The van der Waals surface area contributed by atoms with Crippen molar-refractivity contribution < 1.29 is 19.1 Å². The van der Waals surface area contributed by atoms with Crippen LogP contribution >= 0.6 is 0 Å². The molecule has 148 valence electrons. The van der Waals surface area contributed by atoms with Gasteiger partial charge in [0, 0.05) is 16.8 Å². The largest absolute Gasteiger partial charge is 0.448 e. The fraction of sp³-hybridized carbons (Fsp3) is 0.143. The molecule has 2 amide bonds. The van der Waals surface area contributed by atoms with E-state index < -0.39 is 23.9 Å². The average Bonchev–Trinajstić information content (AvgIpc) is 3.19. The second-order valence-corrected chi connectivity index (χ2v) is 6.51. The van der Waals surface area contributed by atoms with Gasteiger partial charge < -0.3 is 15.8 Å². The van der Waals surface area contributed by atoms with Gasteiger partial charge in [0.25, 0.3) is 5.91 Å². The number of H-pyrrole nitrogens is 1. The Labute approximate surface area is 167 Å². The monoisotopic (exact) mass is 392 g/mol. The number of ether oxygens (including phenoxy) is 1. The van der Waals surface area contributed by atoms with Gasteiger partial charge in [0.2, 0.25) is 5.91 Å². The van der Waals surface area contributed by atoms with Crippen molar-refractivity contribution in [2.75, 3.05) is 5.32 Å². The third-order valence-corrected chi connectivity index (χ3v) is 4.24. The number of nitrogens with one attached hydrogen (secondary N) is 2. The summed E-state index contributed by atoms with van der Waals surface area (Å²) in [6.07, 6.45) is -1.04. The Bertz CT molecular complexity index is 1040. The molecular formula is C21H20N4O4. The lowest BCUT2D eigenvalue weighted by molar-refractivity contribution is -0.123. The summed E-state index contributed by atoms with van der Waals surface area (Å²) in [4.78, 5) is 35.6. The minimum Gasteiger partial charge on any atom is -0.448 e. The van der Waals surface area contributed by atoms with E-state index in [0.29, 0.717) is 16.9 Å². The maximum absolute atomic E-state index is 12.3. The molecule has 0 aliphatic rings. The van der Waals surface area contributed by atoms with Crippen LogP contribution in [-0.4, -0.2) is 34.1 Å². The van der Waals surface area contributed by atoms with Crippen LogP contribution in [0.3, 0.4) is 0 Å². The molecule has 3 rings (SSSR count). The van der Waals surface area contributed by atoms with E-state index in [1.165, 1.54) is 31.2 Å². The van der Waals surface area contributed by atoms with E-state index in [-0.39, 0.29) is 5.69 Å². The number of primary amides is 1. The van der Waals surface area contributed by atoms with E-state index in [2.05, 4.69) is 15.5 Å². The number of esters is 1. The van der Waals surface area contributed by atoms with E-state index in [1.807, 2.05) is 31.2 Å². The molecule has 0 spiro atoms. The fourth-order valence-corrected chi connectivity index (χ4v) is 2.54. The highest BCUT2D eigenvalue weighted by Gasteiger charge is 2.21. The predicted octanol–water partition coefficient (Wildman–Crippen LogP) is 2.67. The van der Waals surface area contributed by atoms with Gasteiger partial charge in [0.15, 0.2) is 6.10 Å². The van der Waals surface area contributed by atoms with E-state index in [1.54, 1.807) is 6.07 Å². The van der Waals surface area contributed by atoms with E-state index in [9.17, 15) is 14.4 Å². The van der Waals surface area contributed by atoms with Crippen molar-refractivity contribution in [3.8, 4) is 11.3 Å². The summed E-state index contributed by atoms with van der Waals surface area (Å²) in [5.41, 5.74) is 8.67. The number of aromatic amines is 1. The molecule has 0 radical (unpaired) electrons. The number of aromatic nitrogens is 2. The number of amides is 2. The number of rotatable bonds is 6. The van der Waals surface area contributed by atoms with Gasteiger partial charge in [-0.3, -0.25) is 14.7 Å². The Morgan fingerprint density at radius 2 is 1.72 bits per heavy atom. The number of nitrogens with zero attached hydrogens (tertiary/aromatic N) is 1. The van der Waals surface area contributed by atoms with Gasteiger partial charge in [-0.15, -0.1) is 0 Å². The second kappa shape index (κ2) is 8.39. The molecule has 2 aromatic carbocycles. The summed E-state index contributed by atoms with van der Waals surface area (Å²) in [5.74, 6) is -1.76. The molecule has 4 N–H and O–H groups in total. The topological polar surface area (TPSA) is 127 Å². The highest BCUT2D eigenvalue weighted by molar-refractivity contribution is 5.98. The van der Waals surface area contributed by atoms with Gasteiger partial charge >= 0.3 is 5.97 Å². The molecule has 0 fully saturated rings. The highest BCUT2D eigenvalue weighted by Crippen LogP contribution is 2.19. The highest BCUT2D eigenvalue weighted by atomic mass is 16.5. The normalized spacial score (nSPS) is 11.5. The third kappa shape index (κ3) is 4.86. The zero-order valence-corrected chi connectivity index (χ0v) is 15.9. The molecule has 8 nitrogen and oxygen atoms in total. The van der Waals surface area contributed by atoms with Crippen LogP contribution in [0.1, 0.15) is 33.3 Å². The molecule has 1 aromatic heterocycles. The number of carbonyl (C=O) groups is 3. The molecule has 1 heterocycles. The van der Waals surface area contributed by atoms with Crippen molar-refractivity contribution in [3.05, 3.63) is 71.4 Å². The quantitative estimate of drug-likeness (QED) is 0.556. The summed E-state index contributed by atoms with van der Waals surface area (Å²) in [6.45, 7) is 3.44. The van der Waals surface area contributed by atoms with Gasteiger partial charge in [-0.2, -0.15) is 5.10 Å². The summed E-state index contributed by atoms with van der Waals surface area (Å²) in [7, 11) is 0. The summed E-state index contributed by atoms with van der Waals surface area (Å²) >= 11 is 0.